The van der Waals surface area contributed by atoms with Gasteiger partial charge in [-0.3, -0.25) is 0 Å². The number of nitrogens with zero attached hydrogens (tertiary/aromatic N) is 1. The molecule has 3 atom stereocenters. The van der Waals surface area contributed by atoms with E-state index in [1.165, 1.54) is 38.5 Å². The summed E-state index contributed by atoms with van der Waals surface area (Å²) in [6, 6.07) is 0. The highest BCUT2D eigenvalue weighted by Gasteiger charge is 2.59. The fourth-order valence-corrected chi connectivity index (χ4v) is 6.22. The number of hydrogen-bond acceptors (Lipinski definition) is 3. The molecule has 0 aromatic carbocycles. The summed E-state index contributed by atoms with van der Waals surface area (Å²) in [7, 11) is 0. The van der Waals surface area contributed by atoms with Gasteiger partial charge in [0.05, 0.1) is 0 Å². The third kappa shape index (κ3) is 2.32. The van der Waals surface area contributed by atoms with Crippen molar-refractivity contribution >= 4 is 5.84 Å². The van der Waals surface area contributed by atoms with Gasteiger partial charge in [-0.1, -0.05) is 25.9 Å². The Hall–Kier alpha value is -0.770. The fraction of sp³-hybridized carbons (Fsp3) is 0.938. The van der Waals surface area contributed by atoms with Crippen molar-refractivity contribution in [1.82, 2.24) is 5.32 Å². The third-order valence-electron chi connectivity index (χ3n) is 6.03. The summed E-state index contributed by atoms with van der Waals surface area (Å²) in [5.41, 5.74) is 7.06. The van der Waals surface area contributed by atoms with Gasteiger partial charge < -0.3 is 16.3 Å². The van der Waals surface area contributed by atoms with Gasteiger partial charge >= 0.3 is 0 Å². The Kier molecular flexibility index (Phi) is 3.09. The Labute approximate surface area is 122 Å². The molecule has 0 aliphatic heterocycles. The molecule has 0 spiro atoms. The topological polar surface area (TPSA) is 70.6 Å². The van der Waals surface area contributed by atoms with Crippen LogP contribution in [-0.4, -0.2) is 23.1 Å². The lowest BCUT2D eigenvalue weighted by Crippen LogP contribution is -2.64. The monoisotopic (exact) mass is 279 g/mol. The zero-order chi connectivity index (χ0) is 14.6. The molecule has 0 heterocycles. The zero-order valence-electron chi connectivity index (χ0n) is 13.1. The first-order chi connectivity index (χ1) is 9.27. The van der Waals surface area contributed by atoms with Crippen molar-refractivity contribution in [3.63, 3.8) is 0 Å². The van der Waals surface area contributed by atoms with Crippen LogP contribution in [0.2, 0.25) is 0 Å². The molecule has 4 aliphatic carbocycles. The Balaban J connectivity index is 1.73. The van der Waals surface area contributed by atoms with Crippen LogP contribution in [0, 0.1) is 22.7 Å². The Morgan fingerprint density at radius 1 is 1.25 bits per heavy atom. The van der Waals surface area contributed by atoms with Crippen LogP contribution in [-0.2, 0) is 0 Å². The molecule has 4 heteroatoms. The van der Waals surface area contributed by atoms with Crippen LogP contribution in [0.25, 0.3) is 0 Å². The molecule has 4 bridgehead atoms. The van der Waals surface area contributed by atoms with Gasteiger partial charge in [0.25, 0.3) is 0 Å². The number of amidine groups is 1. The number of nitrogens with two attached hydrogens (primary N) is 1. The Morgan fingerprint density at radius 3 is 2.35 bits per heavy atom. The van der Waals surface area contributed by atoms with Crippen LogP contribution in [0.3, 0.4) is 0 Å². The summed E-state index contributed by atoms with van der Waals surface area (Å²) in [4.78, 5) is 0. The lowest BCUT2D eigenvalue weighted by atomic mass is 9.43. The molecule has 20 heavy (non-hydrogen) atoms. The second kappa shape index (κ2) is 4.36. The molecule has 0 amide bonds. The fourth-order valence-electron chi connectivity index (χ4n) is 6.22. The SMILES string of the molecule is CC(CNC12CC3CC(C)(CC(C)(C3)C1)C2)C(N)=NO. The van der Waals surface area contributed by atoms with Crippen molar-refractivity contribution in [2.24, 2.45) is 33.6 Å². The van der Waals surface area contributed by atoms with E-state index in [9.17, 15) is 0 Å². The van der Waals surface area contributed by atoms with Gasteiger partial charge in [-0.15, -0.1) is 0 Å². The van der Waals surface area contributed by atoms with E-state index in [-0.39, 0.29) is 5.92 Å². The summed E-state index contributed by atoms with van der Waals surface area (Å²) in [6.07, 6.45) is 8.16. The average molecular weight is 279 g/mol. The Bertz CT molecular complexity index is 415. The van der Waals surface area contributed by atoms with Crippen LogP contribution in [0.4, 0.5) is 0 Å². The summed E-state index contributed by atoms with van der Waals surface area (Å²) < 4.78 is 0. The number of nitrogens with one attached hydrogen (secondary N) is 1. The van der Waals surface area contributed by atoms with E-state index in [4.69, 9.17) is 10.9 Å². The molecule has 0 aromatic rings. The molecule has 0 aromatic heterocycles. The lowest BCUT2D eigenvalue weighted by Gasteiger charge is -2.65. The number of hydrogen-bond donors (Lipinski definition) is 3. The van der Waals surface area contributed by atoms with E-state index in [2.05, 4.69) is 24.3 Å². The zero-order valence-corrected chi connectivity index (χ0v) is 13.1. The molecule has 0 saturated heterocycles. The molecule has 4 fully saturated rings. The first-order valence-corrected chi connectivity index (χ1v) is 8.00. The predicted molar refractivity (Wildman–Crippen MR) is 80.7 cm³/mol. The largest absolute Gasteiger partial charge is 0.409 e. The molecule has 4 nitrogen and oxygen atoms in total. The van der Waals surface area contributed by atoms with Gasteiger partial charge in [0.1, 0.15) is 5.84 Å². The van der Waals surface area contributed by atoms with E-state index in [0.29, 0.717) is 22.2 Å². The highest BCUT2D eigenvalue weighted by Crippen LogP contribution is 2.66. The van der Waals surface area contributed by atoms with Gasteiger partial charge in [-0.05, 0) is 55.3 Å². The van der Waals surface area contributed by atoms with Crippen molar-refractivity contribution in [3.8, 4) is 0 Å². The van der Waals surface area contributed by atoms with Crippen molar-refractivity contribution in [2.75, 3.05) is 6.54 Å². The molecule has 4 aliphatic rings. The van der Waals surface area contributed by atoms with Crippen LogP contribution >= 0.6 is 0 Å². The highest BCUT2D eigenvalue weighted by atomic mass is 16.4. The third-order valence-corrected chi connectivity index (χ3v) is 6.03. The van der Waals surface area contributed by atoms with Crippen molar-refractivity contribution in [2.45, 2.75) is 64.8 Å². The minimum absolute atomic E-state index is 0.0913. The molecular formula is C16H29N3O. The highest BCUT2D eigenvalue weighted by molar-refractivity contribution is 5.82. The minimum atomic E-state index is 0.0913. The maximum absolute atomic E-state index is 8.78. The van der Waals surface area contributed by atoms with E-state index in [1.807, 2.05) is 6.92 Å². The normalized spacial score (nSPS) is 48.5. The smallest absolute Gasteiger partial charge is 0.143 e. The van der Waals surface area contributed by atoms with Gasteiger partial charge in [0.15, 0.2) is 0 Å². The Morgan fingerprint density at radius 2 is 1.85 bits per heavy atom. The van der Waals surface area contributed by atoms with E-state index < -0.39 is 0 Å². The molecule has 4 rings (SSSR count). The molecular weight excluding hydrogens is 250 g/mol. The maximum Gasteiger partial charge on any atom is 0.143 e. The summed E-state index contributed by atoms with van der Waals surface area (Å²) in [5, 5.41) is 15.7. The predicted octanol–water partition coefficient (Wildman–Crippen LogP) is 2.71. The summed E-state index contributed by atoms with van der Waals surface area (Å²) in [6.45, 7) is 7.80. The van der Waals surface area contributed by atoms with Crippen molar-refractivity contribution < 1.29 is 5.21 Å². The van der Waals surface area contributed by atoms with E-state index >= 15 is 0 Å². The van der Waals surface area contributed by atoms with Gasteiger partial charge in [0, 0.05) is 18.0 Å². The number of rotatable bonds is 4. The first kappa shape index (κ1) is 14.2. The van der Waals surface area contributed by atoms with Crippen molar-refractivity contribution in [1.29, 1.82) is 0 Å². The second-order valence-electron chi connectivity index (χ2n) is 8.72. The van der Waals surface area contributed by atoms with Gasteiger partial charge in [0.2, 0.25) is 0 Å². The van der Waals surface area contributed by atoms with E-state index in [1.54, 1.807) is 0 Å². The molecule has 0 radical (unpaired) electrons. The molecule has 114 valence electrons. The van der Waals surface area contributed by atoms with Gasteiger partial charge in [-0.25, -0.2) is 0 Å². The standard InChI is InChI=1S/C16H29N3O/c1-11(13(17)19-20)7-18-16-6-12-4-14(2,9-16)8-15(3,5-12)10-16/h11-12,18,20H,4-10H2,1-3H3,(H2,17,19). The molecule has 3 unspecified atom stereocenters. The van der Waals surface area contributed by atoms with Crippen LogP contribution in [0.15, 0.2) is 5.16 Å². The van der Waals surface area contributed by atoms with Gasteiger partial charge in [-0.2, -0.15) is 0 Å². The summed E-state index contributed by atoms with van der Waals surface area (Å²) in [5.74, 6) is 1.32. The summed E-state index contributed by atoms with van der Waals surface area (Å²) >= 11 is 0. The second-order valence-corrected chi connectivity index (χ2v) is 8.72. The maximum atomic E-state index is 8.78. The molecule has 4 N–H and O–H groups in total. The van der Waals surface area contributed by atoms with Crippen molar-refractivity contribution in [3.05, 3.63) is 0 Å². The molecule has 4 saturated carbocycles. The number of oxime groups is 1. The average Bonchev–Trinajstić information content (AvgIpc) is 2.30. The van der Waals surface area contributed by atoms with Crippen LogP contribution in [0.1, 0.15) is 59.3 Å². The van der Waals surface area contributed by atoms with Crippen LogP contribution in [0.5, 0.6) is 0 Å². The minimum Gasteiger partial charge on any atom is -0.409 e. The lowest BCUT2D eigenvalue weighted by molar-refractivity contribution is -0.118. The first-order valence-electron chi connectivity index (χ1n) is 8.00. The quantitative estimate of drug-likeness (QED) is 0.321. The van der Waals surface area contributed by atoms with Crippen LogP contribution < -0.4 is 11.1 Å². The van der Waals surface area contributed by atoms with E-state index in [0.717, 1.165) is 12.5 Å².